The molecule has 314 valence electrons. The molecule has 0 spiro atoms. The number of allylic oxidation sites excluding steroid dienone is 4. The second-order valence-electron chi connectivity index (χ2n) is 16.1. The van der Waals surface area contributed by atoms with Crippen molar-refractivity contribution in [3.05, 3.63) is 24.3 Å². The minimum Gasteiger partial charge on any atom is -0.457 e. The van der Waals surface area contributed by atoms with Crippen LogP contribution in [0.3, 0.4) is 0 Å². The Balaban J connectivity index is 4.24. The lowest BCUT2D eigenvalue weighted by atomic mass is 10.1. The predicted molar refractivity (Wildman–Crippen MR) is 224 cm³/mol. The third-order valence-electron chi connectivity index (χ3n) is 9.49. The van der Waals surface area contributed by atoms with E-state index in [2.05, 4.69) is 38.2 Å². The number of phosphoric ester groups is 1. The summed E-state index contributed by atoms with van der Waals surface area (Å²) < 4.78 is 35.0. The summed E-state index contributed by atoms with van der Waals surface area (Å²) in [7, 11) is 1.66. The van der Waals surface area contributed by atoms with Crippen molar-refractivity contribution < 1.29 is 37.3 Å². The zero-order valence-electron chi connectivity index (χ0n) is 35.5. The molecule has 9 heteroatoms. The number of ether oxygens (including phenoxy) is 2. The summed E-state index contributed by atoms with van der Waals surface area (Å²) in [4.78, 5) is 22.9. The maximum absolute atomic E-state index is 12.7. The number of likely N-dealkylation sites (N-methyl/N-ethyl adjacent to an activating group) is 1. The molecule has 0 aliphatic heterocycles. The Morgan fingerprint density at radius 2 is 0.981 bits per heavy atom. The standard InChI is InChI=1S/C44H86NO7P/c1-6-8-10-12-14-16-18-20-22-24-26-28-30-32-34-36-39-49-41-43(42-51-53(47,48)50-40-38-45(3,4)5)52-44(46)37-35-33-31-29-27-25-23-21-19-17-15-13-11-9-7-2/h17,19-20,22,43H,6-16,18,21,23-42H2,1-5H3/p+1/b19-17-,22-20-/t43-/m1/s1. The molecule has 53 heavy (non-hydrogen) atoms. The average molecular weight is 773 g/mol. The normalized spacial score (nSPS) is 14.0. The molecule has 0 aromatic heterocycles. The van der Waals surface area contributed by atoms with Crippen molar-refractivity contribution >= 4 is 13.8 Å². The number of esters is 1. The van der Waals surface area contributed by atoms with Crippen molar-refractivity contribution in [1.29, 1.82) is 0 Å². The minimum atomic E-state index is -4.27. The molecular formula is C44H87NO7P+. The third-order valence-corrected chi connectivity index (χ3v) is 10.5. The number of hydrogen-bond acceptors (Lipinski definition) is 6. The van der Waals surface area contributed by atoms with Crippen molar-refractivity contribution in [2.45, 2.75) is 200 Å². The zero-order chi connectivity index (χ0) is 39.1. The number of hydrogen-bond donors (Lipinski definition) is 1. The summed E-state index contributed by atoms with van der Waals surface area (Å²) in [6, 6.07) is 0. The minimum absolute atomic E-state index is 0.0877. The molecule has 0 fully saturated rings. The lowest BCUT2D eigenvalue weighted by Gasteiger charge is -2.24. The smallest absolute Gasteiger partial charge is 0.457 e. The molecule has 0 heterocycles. The number of unbranched alkanes of at least 4 members (excludes halogenated alkanes) is 23. The van der Waals surface area contributed by atoms with Gasteiger partial charge in [0.15, 0.2) is 0 Å². The number of nitrogens with zero attached hydrogens (tertiary/aromatic N) is 1. The number of quaternary nitrogens is 1. The van der Waals surface area contributed by atoms with Crippen LogP contribution < -0.4 is 0 Å². The van der Waals surface area contributed by atoms with Gasteiger partial charge in [0.25, 0.3) is 0 Å². The molecule has 0 saturated heterocycles. The Labute approximate surface area is 328 Å². The lowest BCUT2D eigenvalue weighted by molar-refractivity contribution is -0.870. The molecule has 0 aromatic carbocycles. The summed E-state index contributed by atoms with van der Waals surface area (Å²) in [5.41, 5.74) is 0. The van der Waals surface area contributed by atoms with Gasteiger partial charge in [-0.05, 0) is 64.2 Å². The SMILES string of the molecule is CCCCCC/C=C\CCCCCCCCCC(=O)O[C@H](COCCCCCCCC/C=C\CCCCCCCC)COP(=O)(O)OCC[N+](C)(C)C. The summed E-state index contributed by atoms with van der Waals surface area (Å²) in [5, 5.41) is 0. The van der Waals surface area contributed by atoms with Crippen LogP contribution in [0.1, 0.15) is 194 Å². The van der Waals surface area contributed by atoms with Gasteiger partial charge in [-0.2, -0.15) is 0 Å². The Bertz CT molecular complexity index is 905. The molecule has 0 amide bonds. The monoisotopic (exact) mass is 773 g/mol. The highest BCUT2D eigenvalue weighted by molar-refractivity contribution is 7.47. The zero-order valence-corrected chi connectivity index (χ0v) is 36.4. The van der Waals surface area contributed by atoms with Gasteiger partial charge in [-0.15, -0.1) is 0 Å². The maximum Gasteiger partial charge on any atom is 0.472 e. The maximum atomic E-state index is 12.7. The van der Waals surface area contributed by atoms with Crippen LogP contribution in [0.15, 0.2) is 24.3 Å². The summed E-state index contributed by atoms with van der Waals surface area (Å²) >= 11 is 0. The van der Waals surface area contributed by atoms with Gasteiger partial charge in [-0.3, -0.25) is 13.8 Å². The molecule has 0 aliphatic carbocycles. The molecular weight excluding hydrogens is 685 g/mol. The molecule has 0 bridgehead atoms. The highest BCUT2D eigenvalue weighted by Gasteiger charge is 2.26. The summed E-state index contributed by atoms with van der Waals surface area (Å²) in [6.45, 7) is 5.60. The fourth-order valence-corrected chi connectivity index (χ4v) is 6.75. The van der Waals surface area contributed by atoms with E-state index in [-0.39, 0.29) is 25.8 Å². The van der Waals surface area contributed by atoms with Gasteiger partial charge in [0.05, 0.1) is 34.4 Å². The highest BCUT2D eigenvalue weighted by atomic mass is 31.2. The first-order valence-electron chi connectivity index (χ1n) is 22.1. The fraction of sp³-hybridized carbons (Fsp3) is 0.886. The highest BCUT2D eigenvalue weighted by Crippen LogP contribution is 2.43. The van der Waals surface area contributed by atoms with Crippen LogP contribution in [0, 0.1) is 0 Å². The number of rotatable bonds is 41. The molecule has 0 radical (unpaired) electrons. The molecule has 8 nitrogen and oxygen atoms in total. The van der Waals surface area contributed by atoms with E-state index in [0.29, 0.717) is 24.1 Å². The molecule has 0 rings (SSSR count). The van der Waals surface area contributed by atoms with E-state index in [1.165, 1.54) is 141 Å². The Hall–Kier alpha value is -1.02. The van der Waals surface area contributed by atoms with Gasteiger partial charge in [0.1, 0.15) is 19.3 Å². The van der Waals surface area contributed by atoms with E-state index in [4.69, 9.17) is 18.5 Å². The first-order chi connectivity index (χ1) is 25.6. The van der Waals surface area contributed by atoms with Crippen molar-refractivity contribution in [1.82, 2.24) is 0 Å². The quantitative estimate of drug-likeness (QED) is 0.0217. The van der Waals surface area contributed by atoms with E-state index < -0.39 is 13.9 Å². The largest absolute Gasteiger partial charge is 0.472 e. The number of phosphoric acid groups is 1. The summed E-state index contributed by atoms with van der Waals surface area (Å²) in [6.07, 6.45) is 42.0. The van der Waals surface area contributed by atoms with Crippen LogP contribution in [0.5, 0.6) is 0 Å². The topological polar surface area (TPSA) is 91.3 Å². The third kappa shape index (κ3) is 42.0. The van der Waals surface area contributed by atoms with Crippen molar-refractivity contribution in [3.63, 3.8) is 0 Å². The molecule has 2 atom stereocenters. The number of carbonyl (C=O) groups excluding carboxylic acids is 1. The van der Waals surface area contributed by atoms with Crippen LogP contribution >= 0.6 is 7.82 Å². The van der Waals surface area contributed by atoms with Crippen molar-refractivity contribution in [2.75, 3.05) is 54.1 Å². The van der Waals surface area contributed by atoms with Crippen LogP contribution in [0.2, 0.25) is 0 Å². The lowest BCUT2D eigenvalue weighted by Crippen LogP contribution is -2.37. The van der Waals surface area contributed by atoms with Crippen LogP contribution in [0.25, 0.3) is 0 Å². The van der Waals surface area contributed by atoms with Gasteiger partial charge in [-0.1, -0.05) is 147 Å². The van der Waals surface area contributed by atoms with Gasteiger partial charge >= 0.3 is 13.8 Å². The Kier molecular flexibility index (Phi) is 37.2. The second kappa shape index (κ2) is 37.9. The average Bonchev–Trinajstić information content (AvgIpc) is 3.11. The molecule has 0 aromatic rings. The van der Waals surface area contributed by atoms with Crippen LogP contribution in [0.4, 0.5) is 0 Å². The van der Waals surface area contributed by atoms with Gasteiger partial charge in [0.2, 0.25) is 0 Å². The molecule has 1 unspecified atom stereocenters. The number of carbonyl (C=O) groups is 1. The van der Waals surface area contributed by atoms with E-state index in [0.717, 1.165) is 32.1 Å². The van der Waals surface area contributed by atoms with Crippen molar-refractivity contribution in [3.8, 4) is 0 Å². The first kappa shape index (κ1) is 52.0. The Morgan fingerprint density at radius 3 is 1.45 bits per heavy atom. The van der Waals surface area contributed by atoms with E-state index in [1.54, 1.807) is 0 Å². The van der Waals surface area contributed by atoms with Gasteiger partial charge in [0, 0.05) is 13.0 Å². The van der Waals surface area contributed by atoms with E-state index >= 15 is 0 Å². The van der Waals surface area contributed by atoms with Crippen LogP contribution in [-0.4, -0.2) is 75.6 Å². The van der Waals surface area contributed by atoms with Crippen LogP contribution in [-0.2, 0) is 27.9 Å². The van der Waals surface area contributed by atoms with E-state index in [1.807, 2.05) is 21.1 Å². The molecule has 1 N–H and O–H groups in total. The molecule has 0 aliphatic rings. The molecule has 0 saturated carbocycles. The predicted octanol–water partition coefficient (Wildman–Crippen LogP) is 12.8. The first-order valence-corrected chi connectivity index (χ1v) is 23.6. The fourth-order valence-electron chi connectivity index (χ4n) is 6.01. The van der Waals surface area contributed by atoms with Crippen molar-refractivity contribution in [2.24, 2.45) is 0 Å². The van der Waals surface area contributed by atoms with Gasteiger partial charge in [-0.25, -0.2) is 4.57 Å². The second-order valence-corrected chi connectivity index (χ2v) is 17.5. The van der Waals surface area contributed by atoms with E-state index in [9.17, 15) is 14.3 Å². The summed E-state index contributed by atoms with van der Waals surface area (Å²) in [5.74, 6) is -0.320. The van der Waals surface area contributed by atoms with Gasteiger partial charge < -0.3 is 18.9 Å². The Morgan fingerprint density at radius 1 is 0.566 bits per heavy atom.